The van der Waals surface area contributed by atoms with Crippen molar-refractivity contribution < 1.29 is 9.47 Å². The van der Waals surface area contributed by atoms with E-state index in [1.807, 2.05) is 32.0 Å². The first-order valence-corrected chi connectivity index (χ1v) is 10.4. The normalized spacial score (nSPS) is 19.3. The van der Waals surface area contributed by atoms with Crippen LogP contribution in [0.2, 0.25) is 0 Å². The molecule has 1 unspecified atom stereocenters. The fraction of sp³-hybridized carbons (Fsp3) is 0.478. The molecule has 6 nitrogen and oxygen atoms in total. The Kier molecular flexibility index (Phi) is 5.72. The molecule has 1 atom stereocenters. The molecule has 4 rings (SSSR count). The van der Waals surface area contributed by atoms with Gasteiger partial charge in [-0.25, -0.2) is 4.98 Å². The summed E-state index contributed by atoms with van der Waals surface area (Å²) >= 11 is 0. The van der Waals surface area contributed by atoms with Gasteiger partial charge in [-0.15, -0.1) is 0 Å². The Morgan fingerprint density at radius 1 is 1.38 bits per heavy atom. The number of benzene rings is 1. The number of hydrogen-bond donors (Lipinski definition) is 1. The van der Waals surface area contributed by atoms with E-state index in [2.05, 4.69) is 16.0 Å². The minimum absolute atomic E-state index is 0.0149. The Balaban J connectivity index is 1.48. The molecule has 29 heavy (non-hydrogen) atoms. The van der Waals surface area contributed by atoms with Crippen molar-refractivity contribution in [3.8, 4) is 11.5 Å². The van der Waals surface area contributed by atoms with Crippen LogP contribution in [0.1, 0.15) is 48.3 Å². The van der Waals surface area contributed by atoms with Crippen LogP contribution in [-0.2, 0) is 6.42 Å². The molecular weight excluding hydrogens is 366 g/mol. The molecule has 0 saturated carbocycles. The SMILES string of the molecule is CCc1c(C)nc(C2CCCN(CC3=Cc4cc(OC)ccc4OC3)C2)[nH]c1=O. The van der Waals surface area contributed by atoms with Gasteiger partial charge in [-0.1, -0.05) is 6.92 Å². The first-order valence-electron chi connectivity index (χ1n) is 10.4. The number of rotatable bonds is 5. The van der Waals surface area contributed by atoms with Crippen LogP contribution >= 0.6 is 0 Å². The van der Waals surface area contributed by atoms with Crippen molar-refractivity contribution in [3.63, 3.8) is 0 Å². The van der Waals surface area contributed by atoms with Crippen LogP contribution in [0.5, 0.6) is 11.5 Å². The molecule has 0 aliphatic carbocycles. The van der Waals surface area contributed by atoms with E-state index in [0.29, 0.717) is 13.0 Å². The molecule has 0 spiro atoms. The summed E-state index contributed by atoms with van der Waals surface area (Å²) in [4.78, 5) is 22.6. The number of piperidine rings is 1. The number of aromatic nitrogens is 2. The fourth-order valence-electron chi connectivity index (χ4n) is 4.37. The highest BCUT2D eigenvalue weighted by atomic mass is 16.5. The molecule has 3 heterocycles. The predicted octanol–water partition coefficient (Wildman–Crippen LogP) is 3.30. The third-order valence-corrected chi connectivity index (χ3v) is 5.90. The first kappa shape index (κ1) is 19.7. The number of H-pyrrole nitrogens is 1. The summed E-state index contributed by atoms with van der Waals surface area (Å²) in [6, 6.07) is 5.90. The van der Waals surface area contributed by atoms with Gasteiger partial charge in [0.15, 0.2) is 0 Å². The minimum atomic E-state index is 0.0149. The number of methoxy groups -OCH3 is 1. The van der Waals surface area contributed by atoms with Gasteiger partial charge in [-0.3, -0.25) is 9.69 Å². The number of aryl methyl sites for hydroxylation is 1. The Morgan fingerprint density at radius 2 is 2.24 bits per heavy atom. The largest absolute Gasteiger partial charge is 0.497 e. The quantitative estimate of drug-likeness (QED) is 0.841. The van der Waals surface area contributed by atoms with Gasteiger partial charge in [0.05, 0.1) is 7.11 Å². The number of aromatic amines is 1. The van der Waals surface area contributed by atoms with Crippen LogP contribution in [0.4, 0.5) is 0 Å². The van der Waals surface area contributed by atoms with E-state index in [-0.39, 0.29) is 11.5 Å². The number of hydrogen-bond acceptors (Lipinski definition) is 5. The molecule has 1 N–H and O–H groups in total. The predicted molar refractivity (Wildman–Crippen MR) is 114 cm³/mol. The van der Waals surface area contributed by atoms with Crippen molar-refractivity contribution in [2.24, 2.45) is 0 Å². The molecule has 154 valence electrons. The highest BCUT2D eigenvalue weighted by molar-refractivity contribution is 5.64. The Bertz CT molecular complexity index is 980. The van der Waals surface area contributed by atoms with Crippen molar-refractivity contribution in [2.75, 3.05) is 33.4 Å². The van der Waals surface area contributed by atoms with Gasteiger partial charge in [0.2, 0.25) is 0 Å². The van der Waals surface area contributed by atoms with Gasteiger partial charge >= 0.3 is 0 Å². The van der Waals surface area contributed by atoms with E-state index in [9.17, 15) is 4.79 Å². The molecule has 0 amide bonds. The van der Waals surface area contributed by atoms with Gasteiger partial charge in [0.1, 0.15) is 23.9 Å². The Morgan fingerprint density at radius 3 is 3.00 bits per heavy atom. The first-order chi connectivity index (χ1) is 14.1. The minimum Gasteiger partial charge on any atom is -0.497 e. The average Bonchev–Trinajstić information content (AvgIpc) is 2.73. The van der Waals surface area contributed by atoms with E-state index in [1.165, 1.54) is 5.57 Å². The molecule has 2 aliphatic rings. The maximum atomic E-state index is 12.4. The topological polar surface area (TPSA) is 67.5 Å². The van der Waals surface area contributed by atoms with Crippen molar-refractivity contribution in [2.45, 2.75) is 39.0 Å². The van der Waals surface area contributed by atoms with Gasteiger partial charge in [0.25, 0.3) is 5.56 Å². The monoisotopic (exact) mass is 395 g/mol. The highest BCUT2D eigenvalue weighted by Gasteiger charge is 2.25. The van der Waals surface area contributed by atoms with Gasteiger partial charge in [-0.05, 0) is 62.6 Å². The van der Waals surface area contributed by atoms with Crippen LogP contribution in [0.3, 0.4) is 0 Å². The maximum absolute atomic E-state index is 12.4. The van der Waals surface area contributed by atoms with E-state index in [4.69, 9.17) is 14.5 Å². The third-order valence-electron chi connectivity index (χ3n) is 5.90. The Labute approximate surface area is 171 Å². The summed E-state index contributed by atoms with van der Waals surface area (Å²) in [6.45, 7) is 7.36. The van der Waals surface area contributed by atoms with E-state index in [1.54, 1.807) is 7.11 Å². The zero-order chi connectivity index (χ0) is 20.4. The lowest BCUT2D eigenvalue weighted by Crippen LogP contribution is -2.38. The summed E-state index contributed by atoms with van der Waals surface area (Å²) in [7, 11) is 1.68. The third kappa shape index (κ3) is 4.22. The molecule has 6 heteroatoms. The zero-order valence-electron chi connectivity index (χ0n) is 17.5. The number of nitrogens with zero attached hydrogens (tertiary/aromatic N) is 2. The van der Waals surface area contributed by atoms with Crippen LogP contribution in [0.15, 0.2) is 28.6 Å². The standard InChI is InChI=1S/C23H29N3O3/c1-4-20-15(2)24-22(25-23(20)27)17-6-5-9-26(13-17)12-16-10-18-11-19(28-3)7-8-21(18)29-14-16/h7-8,10-11,17H,4-6,9,12-14H2,1-3H3,(H,24,25,27). The fourth-order valence-corrected chi connectivity index (χ4v) is 4.37. The van der Waals surface area contributed by atoms with Gasteiger partial charge in [0, 0.05) is 35.8 Å². The summed E-state index contributed by atoms with van der Waals surface area (Å²) in [6.07, 6.45) is 5.08. The molecule has 1 aromatic carbocycles. The average molecular weight is 396 g/mol. The van der Waals surface area contributed by atoms with E-state index in [0.717, 1.165) is 66.6 Å². The molecule has 1 aromatic heterocycles. The number of nitrogens with one attached hydrogen (secondary N) is 1. The van der Waals surface area contributed by atoms with Crippen molar-refractivity contribution in [1.82, 2.24) is 14.9 Å². The summed E-state index contributed by atoms with van der Waals surface area (Å²) < 4.78 is 11.3. The van der Waals surface area contributed by atoms with Crippen molar-refractivity contribution in [1.29, 1.82) is 0 Å². The lowest BCUT2D eigenvalue weighted by Gasteiger charge is -2.33. The molecule has 2 aromatic rings. The molecule has 2 aliphatic heterocycles. The van der Waals surface area contributed by atoms with Crippen LogP contribution in [0.25, 0.3) is 6.08 Å². The lowest BCUT2D eigenvalue weighted by atomic mass is 9.96. The number of fused-ring (bicyclic) bond motifs is 1. The molecule has 0 radical (unpaired) electrons. The maximum Gasteiger partial charge on any atom is 0.254 e. The molecular formula is C23H29N3O3. The van der Waals surface area contributed by atoms with Gasteiger partial charge < -0.3 is 14.5 Å². The van der Waals surface area contributed by atoms with Crippen LogP contribution < -0.4 is 15.0 Å². The number of likely N-dealkylation sites (tertiary alicyclic amines) is 1. The lowest BCUT2D eigenvalue weighted by molar-refractivity contribution is 0.211. The molecule has 1 saturated heterocycles. The highest BCUT2D eigenvalue weighted by Crippen LogP contribution is 2.31. The summed E-state index contributed by atoms with van der Waals surface area (Å²) in [5.41, 5.74) is 3.99. The summed E-state index contributed by atoms with van der Waals surface area (Å²) in [5, 5.41) is 0. The summed E-state index contributed by atoms with van der Waals surface area (Å²) in [5.74, 6) is 2.83. The van der Waals surface area contributed by atoms with E-state index < -0.39 is 0 Å². The second-order valence-electron chi connectivity index (χ2n) is 7.94. The van der Waals surface area contributed by atoms with E-state index >= 15 is 0 Å². The molecule has 1 fully saturated rings. The Hall–Kier alpha value is -2.60. The van der Waals surface area contributed by atoms with Crippen molar-refractivity contribution in [3.05, 3.63) is 56.8 Å². The smallest absolute Gasteiger partial charge is 0.254 e. The second-order valence-corrected chi connectivity index (χ2v) is 7.94. The number of ether oxygens (including phenoxy) is 2. The van der Waals surface area contributed by atoms with Crippen LogP contribution in [-0.4, -0.2) is 48.2 Å². The van der Waals surface area contributed by atoms with Crippen molar-refractivity contribution >= 4 is 6.08 Å². The van der Waals surface area contributed by atoms with Crippen LogP contribution in [0, 0.1) is 6.92 Å². The second kappa shape index (κ2) is 8.41. The zero-order valence-corrected chi connectivity index (χ0v) is 17.5. The molecule has 0 bridgehead atoms. The van der Waals surface area contributed by atoms with Gasteiger partial charge in [-0.2, -0.15) is 0 Å².